The number of aryl methyl sites for hydroxylation is 1. The minimum Gasteiger partial charge on any atom is -0.497 e. The summed E-state index contributed by atoms with van der Waals surface area (Å²) < 4.78 is 45.2. The van der Waals surface area contributed by atoms with Crippen molar-refractivity contribution < 1.29 is 27.5 Å². The lowest BCUT2D eigenvalue weighted by Gasteiger charge is -2.12. The molecule has 0 aliphatic carbocycles. The van der Waals surface area contributed by atoms with Crippen LogP contribution in [0.3, 0.4) is 0 Å². The number of aromatic nitrogens is 2. The first kappa shape index (κ1) is 25.8. The van der Waals surface area contributed by atoms with Gasteiger partial charge in [0.15, 0.2) is 10.9 Å². The second kappa shape index (κ2) is 11.6. The van der Waals surface area contributed by atoms with Crippen molar-refractivity contribution in [1.29, 1.82) is 0 Å². The molecule has 2 aromatic carbocycles. The van der Waals surface area contributed by atoms with Gasteiger partial charge in [0.1, 0.15) is 11.6 Å². The van der Waals surface area contributed by atoms with Crippen molar-refractivity contribution in [2.75, 3.05) is 23.5 Å². The maximum Gasteiger partial charge on any atom is 0.433 e. The number of benzene rings is 2. The third kappa shape index (κ3) is 7.88. The van der Waals surface area contributed by atoms with Crippen LogP contribution in [0.1, 0.15) is 18.2 Å². The highest BCUT2D eigenvalue weighted by Crippen LogP contribution is 2.31. The smallest absolute Gasteiger partial charge is 0.433 e. The Morgan fingerprint density at radius 2 is 1.77 bits per heavy atom. The van der Waals surface area contributed by atoms with Crippen molar-refractivity contribution in [3.63, 3.8) is 0 Å². The van der Waals surface area contributed by atoms with Crippen LogP contribution in [-0.2, 0) is 17.4 Å². The van der Waals surface area contributed by atoms with Crippen LogP contribution in [0.25, 0.3) is 0 Å². The SMILES string of the molecule is CCc1ccc(NC(=O)NC(=O)CSc2nc(Nc3cccc(OC)c3)cc(C(F)(F)F)n2)cc1. The van der Waals surface area contributed by atoms with E-state index in [4.69, 9.17) is 4.74 Å². The molecule has 1 aromatic heterocycles. The molecular weight excluding hydrogens is 483 g/mol. The third-order valence-electron chi connectivity index (χ3n) is 4.54. The summed E-state index contributed by atoms with van der Waals surface area (Å²) in [5, 5.41) is 7.13. The van der Waals surface area contributed by atoms with E-state index in [9.17, 15) is 22.8 Å². The molecule has 3 rings (SSSR count). The number of carbonyl (C=O) groups is 2. The van der Waals surface area contributed by atoms with Crippen LogP contribution >= 0.6 is 11.8 Å². The zero-order chi connectivity index (χ0) is 25.4. The number of hydrogen-bond acceptors (Lipinski definition) is 7. The predicted octanol–water partition coefficient (Wildman–Crippen LogP) is 5.25. The molecule has 12 heteroatoms. The summed E-state index contributed by atoms with van der Waals surface area (Å²) in [6.07, 6.45) is -3.88. The number of hydrogen-bond donors (Lipinski definition) is 3. The molecule has 3 N–H and O–H groups in total. The Kier molecular flexibility index (Phi) is 8.53. The number of ether oxygens (including phenoxy) is 1. The number of thioether (sulfide) groups is 1. The molecule has 0 aliphatic heterocycles. The number of carbonyl (C=O) groups excluding carboxylic acids is 2. The maximum absolute atomic E-state index is 13.4. The molecule has 1 heterocycles. The van der Waals surface area contributed by atoms with Crippen molar-refractivity contribution in [2.45, 2.75) is 24.7 Å². The number of methoxy groups -OCH3 is 1. The molecule has 0 spiro atoms. The van der Waals surface area contributed by atoms with Crippen LogP contribution < -0.4 is 20.7 Å². The van der Waals surface area contributed by atoms with Gasteiger partial charge in [-0.1, -0.05) is 36.9 Å². The van der Waals surface area contributed by atoms with E-state index in [0.29, 0.717) is 28.9 Å². The second-order valence-corrected chi connectivity index (χ2v) is 8.06. The fourth-order valence-corrected chi connectivity index (χ4v) is 3.48. The number of halogens is 3. The highest BCUT2D eigenvalue weighted by atomic mass is 32.2. The van der Waals surface area contributed by atoms with Gasteiger partial charge in [0, 0.05) is 23.5 Å². The molecule has 35 heavy (non-hydrogen) atoms. The minimum atomic E-state index is -4.72. The van der Waals surface area contributed by atoms with E-state index in [1.807, 2.05) is 19.1 Å². The van der Waals surface area contributed by atoms with Crippen LogP contribution in [0, 0.1) is 0 Å². The molecule has 0 saturated carbocycles. The monoisotopic (exact) mass is 505 g/mol. The van der Waals surface area contributed by atoms with Crippen LogP contribution in [-0.4, -0.2) is 34.8 Å². The van der Waals surface area contributed by atoms with E-state index in [2.05, 4.69) is 25.9 Å². The number of rotatable bonds is 8. The highest BCUT2D eigenvalue weighted by Gasteiger charge is 2.34. The topological polar surface area (TPSA) is 105 Å². The van der Waals surface area contributed by atoms with Crippen molar-refractivity contribution in [2.24, 2.45) is 0 Å². The van der Waals surface area contributed by atoms with Gasteiger partial charge in [0.25, 0.3) is 0 Å². The van der Waals surface area contributed by atoms with Crippen molar-refractivity contribution >= 4 is 40.9 Å². The maximum atomic E-state index is 13.4. The number of nitrogens with one attached hydrogen (secondary N) is 3. The van der Waals surface area contributed by atoms with Crippen LogP contribution in [0.15, 0.2) is 59.8 Å². The summed E-state index contributed by atoms with van der Waals surface area (Å²) in [5.74, 6) is -0.703. The van der Waals surface area contributed by atoms with Gasteiger partial charge < -0.3 is 15.4 Å². The lowest BCUT2D eigenvalue weighted by Crippen LogP contribution is -2.35. The third-order valence-corrected chi connectivity index (χ3v) is 5.39. The fourth-order valence-electron chi connectivity index (χ4n) is 2.83. The Bertz CT molecular complexity index is 1190. The molecule has 8 nitrogen and oxygen atoms in total. The lowest BCUT2D eigenvalue weighted by molar-refractivity contribution is -0.141. The Labute approximate surface area is 203 Å². The van der Waals surface area contributed by atoms with Crippen LogP contribution in [0.5, 0.6) is 5.75 Å². The average molecular weight is 506 g/mol. The summed E-state index contributed by atoms with van der Waals surface area (Å²) >= 11 is 0.665. The van der Waals surface area contributed by atoms with Gasteiger partial charge in [0.05, 0.1) is 12.9 Å². The highest BCUT2D eigenvalue weighted by molar-refractivity contribution is 7.99. The standard InChI is InChI=1S/C23H22F3N5O3S/c1-3-14-7-9-15(10-8-14)28-21(33)31-20(32)13-35-22-29-18(23(24,25)26)12-19(30-22)27-16-5-4-6-17(11-16)34-2/h4-12H,3,13H2,1-2H3,(H,27,29,30)(H2,28,31,32,33). The van der Waals surface area contributed by atoms with Gasteiger partial charge >= 0.3 is 12.2 Å². The van der Waals surface area contributed by atoms with E-state index in [1.165, 1.54) is 7.11 Å². The molecule has 0 fully saturated rings. The molecule has 184 valence electrons. The zero-order valence-corrected chi connectivity index (χ0v) is 19.6. The number of amides is 3. The molecule has 0 unspecified atom stereocenters. The minimum absolute atomic E-state index is 0.114. The number of nitrogens with zero attached hydrogens (tertiary/aromatic N) is 2. The summed E-state index contributed by atoms with van der Waals surface area (Å²) in [6.45, 7) is 2.00. The van der Waals surface area contributed by atoms with Crippen molar-refractivity contribution in [3.05, 3.63) is 65.9 Å². The Morgan fingerprint density at radius 3 is 2.43 bits per heavy atom. The van der Waals surface area contributed by atoms with Crippen molar-refractivity contribution in [3.8, 4) is 5.75 Å². The molecule has 0 atom stereocenters. The fraction of sp³-hybridized carbons (Fsp3) is 0.217. The average Bonchev–Trinajstić information content (AvgIpc) is 2.82. The van der Waals surface area contributed by atoms with E-state index in [1.54, 1.807) is 36.4 Å². The van der Waals surface area contributed by atoms with E-state index in [-0.39, 0.29) is 16.7 Å². The van der Waals surface area contributed by atoms with Gasteiger partial charge in [-0.3, -0.25) is 10.1 Å². The number of imide groups is 1. The molecule has 0 bridgehead atoms. The van der Waals surface area contributed by atoms with Gasteiger partial charge in [-0.15, -0.1) is 0 Å². The summed E-state index contributed by atoms with van der Waals surface area (Å²) in [6, 6.07) is 13.7. The Morgan fingerprint density at radius 1 is 1.03 bits per heavy atom. The van der Waals surface area contributed by atoms with E-state index >= 15 is 0 Å². The quantitative estimate of drug-likeness (QED) is 0.284. The Hall–Kier alpha value is -3.80. The first-order valence-electron chi connectivity index (χ1n) is 10.4. The number of urea groups is 1. The first-order chi connectivity index (χ1) is 16.7. The molecule has 3 aromatic rings. The van der Waals surface area contributed by atoms with Gasteiger partial charge in [0.2, 0.25) is 5.91 Å². The molecule has 0 saturated heterocycles. The molecule has 0 radical (unpaired) electrons. The number of alkyl halides is 3. The summed E-state index contributed by atoms with van der Waals surface area (Å²) in [4.78, 5) is 31.7. The first-order valence-corrected chi connectivity index (χ1v) is 11.3. The van der Waals surface area contributed by atoms with Gasteiger partial charge in [-0.05, 0) is 36.2 Å². The van der Waals surface area contributed by atoms with Crippen LogP contribution in [0.4, 0.5) is 35.2 Å². The van der Waals surface area contributed by atoms with Crippen LogP contribution in [0.2, 0.25) is 0 Å². The second-order valence-electron chi connectivity index (χ2n) is 7.12. The largest absolute Gasteiger partial charge is 0.497 e. The molecule has 0 aliphatic rings. The number of anilines is 3. The van der Waals surface area contributed by atoms with E-state index < -0.39 is 23.8 Å². The lowest BCUT2D eigenvalue weighted by atomic mass is 10.1. The summed E-state index contributed by atoms with van der Waals surface area (Å²) in [5.41, 5.74) is 0.863. The molecular formula is C23H22F3N5O3S. The predicted molar refractivity (Wildman–Crippen MR) is 127 cm³/mol. The van der Waals surface area contributed by atoms with Crippen molar-refractivity contribution in [1.82, 2.24) is 15.3 Å². The van der Waals surface area contributed by atoms with E-state index in [0.717, 1.165) is 18.1 Å². The van der Waals surface area contributed by atoms with Gasteiger partial charge in [-0.25, -0.2) is 14.8 Å². The van der Waals surface area contributed by atoms with Gasteiger partial charge in [-0.2, -0.15) is 13.2 Å². The zero-order valence-electron chi connectivity index (χ0n) is 18.8. The summed E-state index contributed by atoms with van der Waals surface area (Å²) in [7, 11) is 1.47. The Balaban J connectivity index is 1.64. The molecule has 3 amide bonds. The normalized spacial score (nSPS) is 11.0.